The second-order valence-electron chi connectivity index (χ2n) is 7.92. The molecule has 1 aromatic heterocycles. The number of amides is 2. The summed E-state index contributed by atoms with van der Waals surface area (Å²) in [6.07, 6.45) is 0.971. The molecule has 0 saturated carbocycles. The van der Waals surface area contributed by atoms with Gasteiger partial charge >= 0.3 is 6.03 Å². The van der Waals surface area contributed by atoms with Crippen molar-refractivity contribution >= 4 is 23.2 Å². The van der Waals surface area contributed by atoms with Crippen LogP contribution in [0.2, 0.25) is 0 Å². The Morgan fingerprint density at radius 2 is 1.91 bits per heavy atom. The van der Waals surface area contributed by atoms with Crippen molar-refractivity contribution in [2.75, 3.05) is 11.4 Å². The molecule has 6 nitrogen and oxygen atoms in total. The van der Waals surface area contributed by atoms with Gasteiger partial charge in [-0.25, -0.2) is 28.4 Å². The van der Waals surface area contributed by atoms with Gasteiger partial charge in [0.25, 0.3) is 0 Å². The van der Waals surface area contributed by atoms with E-state index in [-0.39, 0.29) is 12.4 Å². The Morgan fingerprint density at radius 3 is 2.61 bits per heavy atom. The molecular weight excluding hydrogens is 424 g/mol. The van der Waals surface area contributed by atoms with E-state index in [1.807, 2.05) is 25.1 Å². The fraction of sp³-hybridized carbons (Fsp3) is 0.240. The first-order valence-corrected chi connectivity index (χ1v) is 10.8. The molecule has 0 saturated heterocycles. The van der Waals surface area contributed by atoms with Crippen LogP contribution in [-0.2, 0) is 6.54 Å². The zero-order valence-electron chi connectivity index (χ0n) is 18.8. The number of halogens is 2. The van der Waals surface area contributed by atoms with E-state index in [9.17, 15) is 13.6 Å². The van der Waals surface area contributed by atoms with Gasteiger partial charge in [-0.3, -0.25) is 0 Å². The lowest BCUT2D eigenvalue weighted by Gasteiger charge is -2.30. The molecule has 3 aromatic rings. The number of urea groups is 1. The molecule has 0 radical (unpaired) electrons. The summed E-state index contributed by atoms with van der Waals surface area (Å²) in [4.78, 5) is 22.7. The van der Waals surface area contributed by atoms with Crippen LogP contribution in [0.5, 0.6) is 0 Å². The number of aryl methyl sites for hydroxylation is 2. The molecule has 4 rings (SSSR count). The van der Waals surface area contributed by atoms with Crippen molar-refractivity contribution < 1.29 is 13.6 Å². The molecule has 2 amide bonds. The minimum Gasteiger partial charge on any atom is -0.385 e. The second-order valence-corrected chi connectivity index (χ2v) is 7.92. The minimum atomic E-state index is -0.854. The van der Waals surface area contributed by atoms with E-state index in [1.165, 1.54) is 6.07 Å². The maximum absolute atomic E-state index is 14.6. The number of aromatic nitrogens is 2. The molecular formula is C25H25F2N5O. The SMILES string of the molecule is C=C(NCCC)c1ccc(C)c(-c2nc(C)nc3c2CNC(=O)N3c2c(F)cccc2F)c1. The van der Waals surface area contributed by atoms with Crippen molar-refractivity contribution in [1.82, 2.24) is 20.6 Å². The topological polar surface area (TPSA) is 70.1 Å². The van der Waals surface area contributed by atoms with E-state index in [2.05, 4.69) is 34.1 Å². The highest BCUT2D eigenvalue weighted by Gasteiger charge is 2.33. The minimum absolute atomic E-state index is 0.134. The van der Waals surface area contributed by atoms with Crippen LogP contribution in [0, 0.1) is 25.5 Å². The highest BCUT2D eigenvalue weighted by Crippen LogP contribution is 2.38. The predicted octanol–water partition coefficient (Wildman–Crippen LogP) is 5.37. The summed E-state index contributed by atoms with van der Waals surface area (Å²) in [5.74, 6) is -1.16. The van der Waals surface area contributed by atoms with E-state index in [1.54, 1.807) is 6.92 Å². The first kappa shape index (κ1) is 22.4. The lowest BCUT2D eigenvalue weighted by atomic mass is 9.97. The van der Waals surface area contributed by atoms with Crippen molar-refractivity contribution in [3.05, 3.63) is 77.1 Å². The number of rotatable bonds is 6. The monoisotopic (exact) mass is 449 g/mol. The second kappa shape index (κ2) is 8.97. The van der Waals surface area contributed by atoms with E-state index in [4.69, 9.17) is 0 Å². The van der Waals surface area contributed by atoms with Crippen LogP contribution >= 0.6 is 0 Å². The third kappa shape index (κ3) is 4.16. The predicted molar refractivity (Wildman–Crippen MR) is 125 cm³/mol. The Hall–Kier alpha value is -3.81. The average molecular weight is 450 g/mol. The summed E-state index contributed by atoms with van der Waals surface area (Å²) < 4.78 is 29.2. The van der Waals surface area contributed by atoms with Gasteiger partial charge in [0.15, 0.2) is 5.82 Å². The van der Waals surface area contributed by atoms with Crippen LogP contribution in [0.1, 0.15) is 35.9 Å². The summed E-state index contributed by atoms with van der Waals surface area (Å²) in [5, 5.41) is 5.99. The number of hydrogen-bond acceptors (Lipinski definition) is 4. The smallest absolute Gasteiger partial charge is 0.328 e. The summed E-state index contributed by atoms with van der Waals surface area (Å²) in [5.41, 5.74) is 4.20. The molecule has 0 atom stereocenters. The lowest BCUT2D eigenvalue weighted by Crippen LogP contribution is -2.43. The van der Waals surface area contributed by atoms with Crippen LogP contribution in [-0.4, -0.2) is 22.5 Å². The number of carbonyl (C=O) groups excluding carboxylic acids is 1. The molecule has 1 aliphatic rings. The van der Waals surface area contributed by atoms with Crippen LogP contribution in [0.4, 0.5) is 25.1 Å². The Bertz CT molecular complexity index is 1240. The van der Waals surface area contributed by atoms with Gasteiger partial charge in [-0.05, 0) is 49.6 Å². The molecule has 0 aliphatic carbocycles. The summed E-state index contributed by atoms with van der Waals surface area (Å²) >= 11 is 0. The fourth-order valence-electron chi connectivity index (χ4n) is 3.84. The molecule has 2 aromatic carbocycles. The van der Waals surface area contributed by atoms with E-state index in [0.29, 0.717) is 17.1 Å². The van der Waals surface area contributed by atoms with Gasteiger partial charge in [-0.15, -0.1) is 0 Å². The third-order valence-electron chi connectivity index (χ3n) is 5.52. The number of para-hydroxylation sites is 1. The fourth-order valence-corrected chi connectivity index (χ4v) is 3.84. The maximum Gasteiger partial charge on any atom is 0.328 e. The molecule has 1 aliphatic heterocycles. The third-order valence-corrected chi connectivity index (χ3v) is 5.52. The number of anilines is 2. The number of benzene rings is 2. The molecule has 0 spiro atoms. The Labute approximate surface area is 191 Å². The van der Waals surface area contributed by atoms with Gasteiger partial charge in [0, 0.05) is 23.4 Å². The first-order chi connectivity index (χ1) is 15.8. The van der Waals surface area contributed by atoms with Crippen LogP contribution < -0.4 is 15.5 Å². The molecule has 0 bridgehead atoms. The number of nitrogens with zero attached hydrogens (tertiary/aromatic N) is 3. The highest BCUT2D eigenvalue weighted by atomic mass is 19.1. The van der Waals surface area contributed by atoms with Crippen LogP contribution in [0.3, 0.4) is 0 Å². The summed E-state index contributed by atoms with van der Waals surface area (Å²) in [6, 6.07) is 8.75. The molecule has 8 heteroatoms. The highest BCUT2D eigenvalue weighted by molar-refractivity contribution is 6.02. The number of hydrogen-bond donors (Lipinski definition) is 2. The Kier molecular flexibility index (Phi) is 6.09. The average Bonchev–Trinajstić information content (AvgIpc) is 2.78. The molecule has 170 valence electrons. The van der Waals surface area contributed by atoms with Crippen molar-refractivity contribution in [1.29, 1.82) is 0 Å². The van der Waals surface area contributed by atoms with Gasteiger partial charge in [0.2, 0.25) is 0 Å². The molecule has 2 N–H and O–H groups in total. The molecule has 33 heavy (non-hydrogen) atoms. The summed E-state index contributed by atoms with van der Waals surface area (Å²) in [7, 11) is 0. The normalized spacial score (nSPS) is 12.9. The van der Waals surface area contributed by atoms with Crippen molar-refractivity contribution in [3.8, 4) is 11.3 Å². The zero-order valence-corrected chi connectivity index (χ0v) is 18.8. The van der Waals surface area contributed by atoms with E-state index >= 15 is 0 Å². The van der Waals surface area contributed by atoms with Crippen molar-refractivity contribution in [2.24, 2.45) is 0 Å². The number of carbonyl (C=O) groups is 1. The van der Waals surface area contributed by atoms with Crippen molar-refractivity contribution in [2.45, 2.75) is 33.7 Å². The number of nitrogens with one attached hydrogen (secondary N) is 2. The molecule has 2 heterocycles. The number of fused-ring (bicyclic) bond motifs is 1. The standard InChI is InChI=1S/C25H25F2N5O/c1-5-11-28-15(3)17-10-9-14(2)18(12-17)22-19-13-29-25(33)32(24(19)31-16(4)30-22)23-20(26)7-6-8-21(23)27/h6-10,12,28H,3,5,11,13H2,1-2,4H3,(H,29,33). The van der Waals surface area contributed by atoms with Gasteiger partial charge < -0.3 is 10.6 Å². The maximum atomic E-state index is 14.6. The summed E-state index contributed by atoms with van der Waals surface area (Å²) in [6.45, 7) is 10.8. The largest absolute Gasteiger partial charge is 0.385 e. The zero-order chi connectivity index (χ0) is 23.7. The van der Waals surface area contributed by atoms with E-state index < -0.39 is 23.4 Å². The Balaban J connectivity index is 1.89. The van der Waals surface area contributed by atoms with Crippen molar-refractivity contribution in [3.63, 3.8) is 0 Å². The van der Waals surface area contributed by atoms with Crippen LogP contribution in [0.25, 0.3) is 17.0 Å². The van der Waals surface area contributed by atoms with Gasteiger partial charge in [-0.1, -0.05) is 31.7 Å². The quantitative estimate of drug-likeness (QED) is 0.531. The van der Waals surface area contributed by atoms with Gasteiger partial charge in [0.05, 0.1) is 12.2 Å². The first-order valence-electron chi connectivity index (χ1n) is 10.8. The molecule has 0 fully saturated rings. The lowest BCUT2D eigenvalue weighted by molar-refractivity contribution is 0.246. The van der Waals surface area contributed by atoms with Gasteiger partial charge in [0.1, 0.15) is 23.1 Å². The molecule has 0 unspecified atom stereocenters. The van der Waals surface area contributed by atoms with E-state index in [0.717, 1.165) is 52.4 Å². The van der Waals surface area contributed by atoms with Crippen LogP contribution in [0.15, 0.2) is 43.0 Å². The Morgan fingerprint density at radius 1 is 1.18 bits per heavy atom. The van der Waals surface area contributed by atoms with Gasteiger partial charge in [-0.2, -0.15) is 0 Å².